The fraction of sp³-hybridized carbons (Fsp3) is 0.950. The minimum Gasteiger partial charge on any atom is -0.481 e. The average Bonchev–Trinajstić information content (AvgIpc) is 2.52. The molecule has 3 saturated heterocycles. The van der Waals surface area contributed by atoms with Crippen LogP contribution in [0, 0.1) is 22.7 Å². The third-order valence-corrected chi connectivity index (χ3v) is 7.85. The van der Waals surface area contributed by atoms with Crippen LogP contribution in [-0.2, 0) is 4.79 Å². The summed E-state index contributed by atoms with van der Waals surface area (Å²) in [6.45, 7) is 10.6. The molecule has 136 valence electrons. The molecule has 0 aromatic rings. The van der Waals surface area contributed by atoms with Gasteiger partial charge in [-0.15, -0.1) is 0 Å². The van der Waals surface area contributed by atoms with Gasteiger partial charge in [-0.05, 0) is 81.3 Å². The van der Waals surface area contributed by atoms with E-state index in [-0.39, 0.29) is 5.92 Å². The largest absolute Gasteiger partial charge is 0.481 e. The van der Waals surface area contributed by atoms with Gasteiger partial charge in [-0.2, -0.15) is 0 Å². The van der Waals surface area contributed by atoms with Gasteiger partial charge >= 0.3 is 5.97 Å². The van der Waals surface area contributed by atoms with Crippen molar-refractivity contribution in [2.45, 2.75) is 64.8 Å². The van der Waals surface area contributed by atoms with Crippen LogP contribution in [0.1, 0.15) is 58.8 Å². The minimum absolute atomic E-state index is 0.134. The van der Waals surface area contributed by atoms with Gasteiger partial charge in [0.05, 0.1) is 5.92 Å². The number of fused-ring (bicyclic) bond motifs is 1. The molecule has 3 aliphatic heterocycles. The predicted molar refractivity (Wildman–Crippen MR) is 94.9 cm³/mol. The maximum Gasteiger partial charge on any atom is 0.307 e. The first kappa shape index (κ1) is 16.8. The lowest BCUT2D eigenvalue weighted by atomic mass is 9.37. The van der Waals surface area contributed by atoms with Gasteiger partial charge in [0.15, 0.2) is 0 Å². The quantitative estimate of drug-likeness (QED) is 0.758. The van der Waals surface area contributed by atoms with Crippen LogP contribution >= 0.6 is 0 Å². The average molecular weight is 335 g/mol. The van der Waals surface area contributed by atoms with Crippen molar-refractivity contribution in [3.63, 3.8) is 0 Å². The van der Waals surface area contributed by atoms with Crippen LogP contribution in [0.4, 0.5) is 0 Å². The van der Waals surface area contributed by atoms with E-state index in [9.17, 15) is 9.90 Å². The number of carboxylic acid groups (broad SMARTS) is 1. The number of carbonyl (C=O) groups is 1. The lowest BCUT2D eigenvalue weighted by molar-refractivity contribution is -0.230. The molecule has 1 N–H and O–H groups in total. The van der Waals surface area contributed by atoms with E-state index < -0.39 is 5.97 Å². The maximum atomic E-state index is 11.2. The molecule has 3 saturated carbocycles. The molecular weight excluding hydrogens is 300 g/mol. The summed E-state index contributed by atoms with van der Waals surface area (Å²) in [7, 11) is 0. The molecule has 6 aliphatic rings. The van der Waals surface area contributed by atoms with E-state index in [1.807, 2.05) is 0 Å². The molecule has 0 radical (unpaired) electrons. The molecule has 24 heavy (non-hydrogen) atoms. The van der Waals surface area contributed by atoms with Crippen LogP contribution in [0.5, 0.6) is 0 Å². The van der Waals surface area contributed by atoms with Crippen molar-refractivity contribution < 1.29 is 9.90 Å². The molecule has 0 amide bonds. The first-order chi connectivity index (χ1) is 11.4. The van der Waals surface area contributed by atoms with Crippen LogP contribution in [0.3, 0.4) is 0 Å². The number of likely N-dealkylation sites (tertiary alicyclic amines) is 1. The van der Waals surface area contributed by atoms with E-state index in [1.165, 1.54) is 45.2 Å². The van der Waals surface area contributed by atoms with E-state index in [1.54, 1.807) is 0 Å². The summed E-state index contributed by atoms with van der Waals surface area (Å²) in [5, 5.41) is 9.19. The van der Waals surface area contributed by atoms with Crippen molar-refractivity contribution >= 4 is 5.97 Å². The van der Waals surface area contributed by atoms with E-state index in [4.69, 9.17) is 0 Å². The molecule has 0 spiro atoms. The van der Waals surface area contributed by atoms with Gasteiger partial charge in [0, 0.05) is 19.1 Å². The van der Waals surface area contributed by atoms with Crippen molar-refractivity contribution in [2.75, 3.05) is 32.7 Å². The zero-order chi connectivity index (χ0) is 16.9. The summed E-state index contributed by atoms with van der Waals surface area (Å²) in [5.74, 6) is 0.197. The maximum absolute atomic E-state index is 11.2. The molecule has 3 unspecified atom stereocenters. The Bertz CT molecular complexity index is 492. The Labute approximate surface area is 146 Å². The molecule has 3 aliphatic carbocycles. The van der Waals surface area contributed by atoms with Crippen molar-refractivity contribution in [3.05, 3.63) is 0 Å². The summed E-state index contributed by atoms with van der Waals surface area (Å²) in [6, 6.07) is 0.838. The molecule has 6 rings (SSSR count). The molecular formula is C20H34N2O2. The summed E-state index contributed by atoms with van der Waals surface area (Å²) in [6.07, 6.45) is 8.72. The van der Waals surface area contributed by atoms with Crippen molar-refractivity contribution in [1.29, 1.82) is 0 Å². The zero-order valence-electron chi connectivity index (χ0n) is 15.5. The third-order valence-electron chi connectivity index (χ3n) is 7.85. The third kappa shape index (κ3) is 2.80. The summed E-state index contributed by atoms with van der Waals surface area (Å²) in [5.41, 5.74) is 1.32. The van der Waals surface area contributed by atoms with Gasteiger partial charge in [0.2, 0.25) is 0 Å². The SMILES string of the molecule is CC12CC3CC(C)(C1)C2CN3CCCCN1CCCC(C(=O)O)C1. The monoisotopic (exact) mass is 334 g/mol. The second kappa shape index (κ2) is 5.98. The molecule has 0 aromatic heterocycles. The molecule has 4 heteroatoms. The fourth-order valence-electron chi connectivity index (χ4n) is 6.92. The number of nitrogens with zero attached hydrogens (tertiary/aromatic N) is 2. The van der Waals surface area contributed by atoms with E-state index in [2.05, 4.69) is 23.6 Å². The summed E-state index contributed by atoms with van der Waals surface area (Å²) in [4.78, 5) is 16.3. The lowest BCUT2D eigenvalue weighted by Crippen LogP contribution is -2.71. The molecule has 3 heterocycles. The Kier molecular flexibility index (Phi) is 4.20. The second-order valence-corrected chi connectivity index (χ2v) is 9.78. The summed E-state index contributed by atoms with van der Waals surface area (Å²) >= 11 is 0. The molecule has 6 fully saturated rings. The second-order valence-electron chi connectivity index (χ2n) is 9.78. The van der Waals surface area contributed by atoms with Crippen LogP contribution in [-0.4, -0.2) is 59.6 Å². The highest BCUT2D eigenvalue weighted by molar-refractivity contribution is 5.70. The highest BCUT2D eigenvalue weighted by atomic mass is 16.4. The molecule has 4 bridgehead atoms. The smallest absolute Gasteiger partial charge is 0.307 e. The molecule has 3 atom stereocenters. The Morgan fingerprint density at radius 3 is 2.50 bits per heavy atom. The van der Waals surface area contributed by atoms with Gasteiger partial charge in [0.1, 0.15) is 0 Å². The Balaban J connectivity index is 1.19. The van der Waals surface area contributed by atoms with Crippen molar-refractivity contribution in [1.82, 2.24) is 9.80 Å². The normalized spacial score (nSPS) is 45.2. The Morgan fingerprint density at radius 1 is 1.12 bits per heavy atom. The zero-order valence-corrected chi connectivity index (χ0v) is 15.5. The summed E-state index contributed by atoms with van der Waals surface area (Å²) < 4.78 is 0. The van der Waals surface area contributed by atoms with Gasteiger partial charge in [-0.1, -0.05) is 13.8 Å². The van der Waals surface area contributed by atoms with Gasteiger partial charge < -0.3 is 14.9 Å². The topological polar surface area (TPSA) is 43.8 Å². The number of hydrogen-bond donors (Lipinski definition) is 1. The highest BCUT2D eigenvalue weighted by Gasteiger charge is 2.66. The van der Waals surface area contributed by atoms with Crippen LogP contribution in [0.2, 0.25) is 0 Å². The number of carboxylic acids is 1. The van der Waals surface area contributed by atoms with E-state index >= 15 is 0 Å². The van der Waals surface area contributed by atoms with Gasteiger partial charge in [-0.3, -0.25) is 4.79 Å². The van der Waals surface area contributed by atoms with Crippen LogP contribution in [0.15, 0.2) is 0 Å². The Morgan fingerprint density at radius 2 is 1.83 bits per heavy atom. The van der Waals surface area contributed by atoms with Gasteiger partial charge in [0.25, 0.3) is 0 Å². The van der Waals surface area contributed by atoms with Crippen molar-refractivity contribution in [3.8, 4) is 0 Å². The van der Waals surface area contributed by atoms with Crippen LogP contribution in [0.25, 0.3) is 0 Å². The standard InChI is InChI=1S/C20H34N2O2/c1-19-10-16-11-20(2,14-19)17(19)13-22(16)9-4-3-7-21-8-5-6-15(12-21)18(23)24/h15-17H,3-14H2,1-2H3,(H,23,24). The lowest BCUT2D eigenvalue weighted by Gasteiger charge is -2.73. The first-order valence-electron chi connectivity index (χ1n) is 10.1. The Hall–Kier alpha value is -0.610. The van der Waals surface area contributed by atoms with Gasteiger partial charge in [-0.25, -0.2) is 0 Å². The van der Waals surface area contributed by atoms with E-state index in [0.29, 0.717) is 10.8 Å². The number of piperidine rings is 3. The highest BCUT2D eigenvalue weighted by Crippen LogP contribution is 2.70. The predicted octanol–water partition coefficient (Wildman–Crippen LogP) is 3.07. The number of unbranched alkanes of at least 4 members (excludes halogenated alkanes) is 1. The first-order valence-corrected chi connectivity index (χ1v) is 10.1. The number of rotatable bonds is 6. The molecule has 4 nitrogen and oxygen atoms in total. The minimum atomic E-state index is -0.607. The number of aliphatic carboxylic acids is 1. The fourth-order valence-corrected chi connectivity index (χ4v) is 6.92. The van der Waals surface area contributed by atoms with E-state index in [0.717, 1.165) is 44.4 Å². The number of hydrogen-bond acceptors (Lipinski definition) is 3. The molecule has 0 aromatic carbocycles. The van der Waals surface area contributed by atoms with Crippen molar-refractivity contribution in [2.24, 2.45) is 22.7 Å². The van der Waals surface area contributed by atoms with Crippen LogP contribution < -0.4 is 0 Å².